The zero-order valence-corrected chi connectivity index (χ0v) is 15.6. The molecule has 134 valence electrons. The minimum Gasteiger partial charge on any atom is -0.345 e. The maximum Gasteiger partial charge on any atom is 0.272 e. The van der Waals surface area contributed by atoms with Gasteiger partial charge in [-0.15, -0.1) is 0 Å². The number of carbonyl (C=O) groups excluding carboxylic acids is 1. The van der Waals surface area contributed by atoms with Crippen molar-refractivity contribution in [1.29, 1.82) is 0 Å². The molecule has 1 aliphatic rings. The van der Waals surface area contributed by atoms with Gasteiger partial charge in [-0.1, -0.05) is 17.7 Å². The number of hydrogen-bond donors (Lipinski definition) is 1. The molecule has 0 atom stereocenters. The van der Waals surface area contributed by atoms with Gasteiger partial charge in [0.15, 0.2) is 0 Å². The molecule has 0 saturated carbocycles. The van der Waals surface area contributed by atoms with Crippen LogP contribution in [-0.4, -0.2) is 36.3 Å². The molecule has 1 aliphatic heterocycles. The van der Waals surface area contributed by atoms with Gasteiger partial charge in [-0.05, 0) is 44.4 Å². The van der Waals surface area contributed by atoms with Crippen LogP contribution in [-0.2, 0) is 17.1 Å². The number of benzene rings is 1. The average molecular weight is 361 g/mol. The van der Waals surface area contributed by atoms with Crippen LogP contribution in [0.3, 0.4) is 0 Å². The fourth-order valence-electron chi connectivity index (χ4n) is 3.12. The van der Waals surface area contributed by atoms with Crippen LogP contribution in [0.1, 0.15) is 34.5 Å². The number of anilines is 1. The van der Waals surface area contributed by atoms with Crippen molar-refractivity contribution in [2.45, 2.75) is 31.6 Å². The Bertz CT molecular complexity index is 910. The van der Waals surface area contributed by atoms with E-state index in [1.54, 1.807) is 11.6 Å². The Labute approximate surface area is 148 Å². The number of sulfonamides is 1. The summed E-state index contributed by atoms with van der Waals surface area (Å²) in [6.45, 7) is 5.00. The topological polar surface area (TPSA) is 71.4 Å². The monoisotopic (exact) mass is 361 g/mol. The van der Waals surface area contributed by atoms with Crippen LogP contribution >= 0.6 is 0 Å². The Morgan fingerprint density at radius 1 is 1.12 bits per heavy atom. The van der Waals surface area contributed by atoms with Crippen molar-refractivity contribution in [3.05, 3.63) is 47.3 Å². The maximum absolute atomic E-state index is 12.7. The second kappa shape index (κ2) is 6.65. The Kier molecular flexibility index (Phi) is 4.71. The van der Waals surface area contributed by atoms with Crippen molar-refractivity contribution in [3.8, 4) is 0 Å². The van der Waals surface area contributed by atoms with E-state index in [4.69, 9.17) is 0 Å². The molecule has 1 aromatic heterocycles. The molecule has 3 rings (SSSR count). The summed E-state index contributed by atoms with van der Waals surface area (Å²) >= 11 is 0. The molecule has 0 radical (unpaired) electrons. The quantitative estimate of drug-likeness (QED) is 0.910. The molecule has 7 heteroatoms. The Morgan fingerprint density at radius 2 is 1.80 bits per heavy atom. The molecule has 2 heterocycles. The fraction of sp³-hybridized carbons (Fsp3) is 0.389. The second-order valence-corrected chi connectivity index (χ2v) is 8.49. The fourth-order valence-corrected chi connectivity index (χ4v) is 4.71. The number of nitrogens with one attached hydrogen (secondary N) is 1. The first-order chi connectivity index (χ1) is 11.8. The van der Waals surface area contributed by atoms with Crippen molar-refractivity contribution in [1.82, 2.24) is 8.87 Å². The zero-order valence-electron chi connectivity index (χ0n) is 14.7. The van der Waals surface area contributed by atoms with Crippen molar-refractivity contribution in [2.24, 2.45) is 7.05 Å². The number of amides is 1. The second-order valence-electron chi connectivity index (χ2n) is 6.56. The van der Waals surface area contributed by atoms with Crippen LogP contribution in [0.2, 0.25) is 0 Å². The van der Waals surface area contributed by atoms with Crippen LogP contribution in [0.5, 0.6) is 0 Å². The summed E-state index contributed by atoms with van der Waals surface area (Å²) in [5.41, 5.74) is 3.12. The van der Waals surface area contributed by atoms with Gasteiger partial charge in [0.1, 0.15) is 10.6 Å². The predicted octanol–water partition coefficient (Wildman–Crippen LogP) is 2.68. The number of hydrogen-bond acceptors (Lipinski definition) is 3. The average Bonchev–Trinajstić information content (AvgIpc) is 3.20. The highest BCUT2D eigenvalue weighted by Crippen LogP contribution is 2.23. The van der Waals surface area contributed by atoms with Crippen LogP contribution in [0, 0.1) is 13.8 Å². The molecule has 25 heavy (non-hydrogen) atoms. The molecule has 2 aromatic rings. The summed E-state index contributed by atoms with van der Waals surface area (Å²) in [6, 6.07) is 7.22. The molecule has 1 fully saturated rings. The van der Waals surface area contributed by atoms with Crippen molar-refractivity contribution >= 4 is 21.6 Å². The van der Waals surface area contributed by atoms with Gasteiger partial charge in [0.05, 0.1) is 0 Å². The highest BCUT2D eigenvalue weighted by molar-refractivity contribution is 7.89. The van der Waals surface area contributed by atoms with E-state index in [-0.39, 0.29) is 10.8 Å². The summed E-state index contributed by atoms with van der Waals surface area (Å²) < 4.78 is 28.3. The van der Waals surface area contributed by atoms with Crippen molar-refractivity contribution in [3.63, 3.8) is 0 Å². The number of rotatable bonds is 4. The molecular weight excluding hydrogens is 338 g/mol. The SMILES string of the molecule is Cc1ccc(NC(=O)c2cc(S(=O)(=O)N3CCCC3)cn2C)c(C)c1. The number of carbonyl (C=O) groups is 1. The molecule has 1 aromatic carbocycles. The van der Waals surface area contributed by atoms with E-state index in [1.165, 1.54) is 16.6 Å². The molecule has 0 spiro atoms. The third-order valence-corrected chi connectivity index (χ3v) is 6.41. The lowest BCUT2D eigenvalue weighted by Crippen LogP contribution is -2.27. The van der Waals surface area contributed by atoms with Gasteiger partial charge < -0.3 is 9.88 Å². The summed E-state index contributed by atoms with van der Waals surface area (Å²) in [5.74, 6) is -0.322. The smallest absolute Gasteiger partial charge is 0.272 e. The van der Waals surface area contributed by atoms with E-state index >= 15 is 0 Å². The third-order valence-electron chi connectivity index (χ3n) is 4.55. The van der Waals surface area contributed by atoms with Crippen LogP contribution in [0.15, 0.2) is 35.4 Å². The van der Waals surface area contributed by atoms with Gasteiger partial charge in [0, 0.05) is 32.0 Å². The van der Waals surface area contributed by atoms with Gasteiger partial charge in [0.2, 0.25) is 10.0 Å². The molecular formula is C18H23N3O3S. The Balaban J connectivity index is 1.85. The van der Waals surface area contributed by atoms with Crippen LogP contribution < -0.4 is 5.32 Å². The normalized spacial score (nSPS) is 15.5. The van der Waals surface area contributed by atoms with Crippen molar-refractivity contribution < 1.29 is 13.2 Å². The maximum atomic E-state index is 12.7. The summed E-state index contributed by atoms with van der Waals surface area (Å²) in [4.78, 5) is 12.8. The van der Waals surface area contributed by atoms with Gasteiger partial charge in [-0.3, -0.25) is 4.79 Å². The lowest BCUT2D eigenvalue weighted by molar-refractivity contribution is 0.101. The van der Waals surface area contributed by atoms with E-state index in [0.29, 0.717) is 18.8 Å². The number of aromatic nitrogens is 1. The van der Waals surface area contributed by atoms with E-state index in [9.17, 15) is 13.2 Å². The molecule has 0 unspecified atom stereocenters. The minimum absolute atomic E-state index is 0.169. The van der Waals surface area contributed by atoms with Crippen molar-refractivity contribution in [2.75, 3.05) is 18.4 Å². The highest BCUT2D eigenvalue weighted by atomic mass is 32.2. The van der Waals surface area contributed by atoms with Gasteiger partial charge in [-0.25, -0.2) is 8.42 Å². The lowest BCUT2D eigenvalue weighted by atomic mass is 10.1. The third kappa shape index (κ3) is 3.48. The molecule has 0 aliphatic carbocycles. The highest BCUT2D eigenvalue weighted by Gasteiger charge is 2.29. The molecule has 6 nitrogen and oxygen atoms in total. The summed E-state index contributed by atoms with van der Waals surface area (Å²) in [6.07, 6.45) is 3.27. The standard InChI is InChI=1S/C18H23N3O3S/c1-13-6-7-16(14(2)10-13)19-18(22)17-11-15(12-20(17)3)25(23,24)21-8-4-5-9-21/h6-7,10-12H,4-5,8-9H2,1-3H3,(H,19,22). The van der Waals surface area contributed by atoms with Crippen LogP contribution in [0.25, 0.3) is 0 Å². The van der Waals surface area contributed by atoms with E-state index in [0.717, 1.165) is 29.7 Å². The Morgan fingerprint density at radius 3 is 2.44 bits per heavy atom. The van der Waals surface area contributed by atoms with Gasteiger partial charge in [0.25, 0.3) is 5.91 Å². The number of aryl methyl sites for hydroxylation is 3. The van der Waals surface area contributed by atoms with E-state index in [1.807, 2.05) is 32.0 Å². The molecule has 0 bridgehead atoms. The molecule has 1 amide bonds. The predicted molar refractivity (Wildman–Crippen MR) is 97.3 cm³/mol. The zero-order chi connectivity index (χ0) is 18.2. The molecule has 1 N–H and O–H groups in total. The van der Waals surface area contributed by atoms with Gasteiger partial charge in [-0.2, -0.15) is 4.31 Å². The van der Waals surface area contributed by atoms with E-state index < -0.39 is 10.0 Å². The van der Waals surface area contributed by atoms with E-state index in [2.05, 4.69) is 5.32 Å². The minimum atomic E-state index is -3.53. The van der Waals surface area contributed by atoms with Crippen LogP contribution in [0.4, 0.5) is 5.69 Å². The Hall–Kier alpha value is -2.12. The van der Waals surface area contributed by atoms with Gasteiger partial charge >= 0.3 is 0 Å². The summed E-state index contributed by atoms with van der Waals surface area (Å²) in [7, 11) is -1.85. The lowest BCUT2D eigenvalue weighted by Gasteiger charge is -2.13. The molecule has 1 saturated heterocycles. The largest absolute Gasteiger partial charge is 0.345 e. The first kappa shape index (κ1) is 17.7. The summed E-state index contributed by atoms with van der Waals surface area (Å²) in [5, 5.41) is 2.86. The number of nitrogens with zero attached hydrogens (tertiary/aromatic N) is 2. The first-order valence-corrected chi connectivity index (χ1v) is 9.78. The first-order valence-electron chi connectivity index (χ1n) is 8.34.